The molecule has 1 saturated heterocycles. The van der Waals surface area contributed by atoms with Gasteiger partial charge in [-0.2, -0.15) is 0 Å². The van der Waals surface area contributed by atoms with E-state index in [9.17, 15) is 9.18 Å². The number of halogens is 1. The molecule has 6 nitrogen and oxygen atoms in total. The number of ether oxygens (including phenoxy) is 1. The van der Waals surface area contributed by atoms with Crippen LogP contribution >= 0.6 is 0 Å². The van der Waals surface area contributed by atoms with Crippen LogP contribution in [0.15, 0.2) is 54.9 Å². The molecule has 2 heterocycles. The molecule has 1 fully saturated rings. The second kappa shape index (κ2) is 8.49. The summed E-state index contributed by atoms with van der Waals surface area (Å²) in [5.41, 5.74) is 3.04. The number of amides is 1. The Morgan fingerprint density at radius 3 is 2.77 bits per heavy atom. The van der Waals surface area contributed by atoms with Crippen molar-refractivity contribution in [2.75, 3.05) is 23.3 Å². The van der Waals surface area contributed by atoms with Crippen molar-refractivity contribution in [3.05, 3.63) is 77.5 Å². The summed E-state index contributed by atoms with van der Waals surface area (Å²) < 4.78 is 19.3. The van der Waals surface area contributed by atoms with Crippen molar-refractivity contribution in [3.8, 4) is 5.75 Å². The van der Waals surface area contributed by atoms with Gasteiger partial charge in [0.15, 0.2) is 0 Å². The Labute approximate surface area is 174 Å². The van der Waals surface area contributed by atoms with Crippen LogP contribution in [0, 0.1) is 12.7 Å². The number of nitrogens with zero attached hydrogens (tertiary/aromatic N) is 3. The molecule has 1 aliphatic heterocycles. The quantitative estimate of drug-likeness (QED) is 0.670. The fraction of sp³-hybridized carbons (Fsp3) is 0.261. The number of benzene rings is 2. The molecule has 3 aromatic rings. The van der Waals surface area contributed by atoms with E-state index in [4.69, 9.17) is 4.74 Å². The van der Waals surface area contributed by atoms with Gasteiger partial charge in [-0.1, -0.05) is 25.1 Å². The number of aromatic nitrogens is 2. The first-order valence-electron chi connectivity index (χ1n) is 9.92. The topological polar surface area (TPSA) is 67.4 Å². The van der Waals surface area contributed by atoms with E-state index in [0.29, 0.717) is 24.7 Å². The fourth-order valence-corrected chi connectivity index (χ4v) is 3.25. The van der Waals surface area contributed by atoms with Gasteiger partial charge >= 0.3 is 0 Å². The van der Waals surface area contributed by atoms with Crippen LogP contribution < -0.4 is 15.0 Å². The van der Waals surface area contributed by atoms with Crippen LogP contribution in [0.3, 0.4) is 0 Å². The highest BCUT2D eigenvalue weighted by atomic mass is 19.1. The van der Waals surface area contributed by atoms with Crippen molar-refractivity contribution in [2.24, 2.45) is 0 Å². The Bertz CT molecular complexity index is 1050. The molecule has 1 N–H and O–H groups in total. The normalized spacial score (nSPS) is 13.6. The molecule has 0 aliphatic carbocycles. The van der Waals surface area contributed by atoms with Gasteiger partial charge in [0.2, 0.25) is 0 Å². The number of hydrogen-bond acceptors (Lipinski definition) is 5. The smallest absolute Gasteiger partial charge is 0.275 e. The Morgan fingerprint density at radius 2 is 2.03 bits per heavy atom. The third kappa shape index (κ3) is 4.40. The second-order valence-corrected chi connectivity index (χ2v) is 7.32. The predicted molar refractivity (Wildman–Crippen MR) is 114 cm³/mol. The molecule has 1 aromatic heterocycles. The lowest BCUT2D eigenvalue weighted by Crippen LogP contribution is -2.54. The molecule has 0 atom stereocenters. The number of carbonyl (C=O) groups is 1. The lowest BCUT2D eigenvalue weighted by atomic mass is 10.1. The minimum Gasteiger partial charge on any atom is -0.486 e. The van der Waals surface area contributed by atoms with E-state index in [2.05, 4.69) is 22.2 Å². The minimum atomic E-state index is -0.312. The predicted octanol–water partition coefficient (Wildman–Crippen LogP) is 4.01. The van der Waals surface area contributed by atoms with E-state index in [0.717, 1.165) is 23.2 Å². The van der Waals surface area contributed by atoms with E-state index in [1.54, 1.807) is 12.3 Å². The van der Waals surface area contributed by atoms with Gasteiger partial charge in [0.25, 0.3) is 5.91 Å². The van der Waals surface area contributed by atoms with Crippen molar-refractivity contribution in [1.29, 1.82) is 0 Å². The molecule has 0 bridgehead atoms. The summed E-state index contributed by atoms with van der Waals surface area (Å²) in [6, 6.07) is 12.2. The van der Waals surface area contributed by atoms with E-state index in [1.165, 1.54) is 18.3 Å². The van der Waals surface area contributed by atoms with Crippen molar-refractivity contribution in [2.45, 2.75) is 26.4 Å². The van der Waals surface area contributed by atoms with Gasteiger partial charge in [-0.05, 0) is 42.7 Å². The Kier molecular flexibility index (Phi) is 5.61. The zero-order chi connectivity index (χ0) is 21.1. The van der Waals surface area contributed by atoms with Gasteiger partial charge in [0.05, 0.1) is 25.5 Å². The van der Waals surface area contributed by atoms with E-state index >= 15 is 0 Å². The third-order valence-electron chi connectivity index (χ3n) is 5.08. The van der Waals surface area contributed by atoms with Crippen LogP contribution in [0.5, 0.6) is 5.75 Å². The van der Waals surface area contributed by atoms with Gasteiger partial charge in [-0.15, -0.1) is 0 Å². The van der Waals surface area contributed by atoms with Crippen molar-refractivity contribution < 1.29 is 13.9 Å². The first kappa shape index (κ1) is 19.8. The summed E-state index contributed by atoms with van der Waals surface area (Å²) in [5, 5.41) is 2.85. The minimum absolute atomic E-state index is 0.0406. The molecule has 2 aromatic carbocycles. The molecule has 154 valence electrons. The second-order valence-electron chi connectivity index (χ2n) is 7.32. The highest BCUT2D eigenvalue weighted by molar-refractivity contribution is 6.02. The molecule has 7 heteroatoms. The number of carbonyl (C=O) groups excluding carboxylic acids is 1. The average Bonchev–Trinajstić information content (AvgIpc) is 2.73. The highest BCUT2D eigenvalue weighted by Gasteiger charge is 2.30. The number of aryl methyl sites for hydroxylation is 2. The summed E-state index contributed by atoms with van der Waals surface area (Å²) in [6.45, 7) is 5.20. The van der Waals surface area contributed by atoms with Crippen molar-refractivity contribution in [3.63, 3.8) is 0 Å². The number of nitrogens with one attached hydrogen (secondary N) is 1. The Morgan fingerprint density at radius 1 is 1.20 bits per heavy atom. The standard InChI is InChI=1S/C23H23FN4O2/c1-3-16-5-4-6-18(9-16)27-23(29)20-11-26-22(12-25-20)28-13-19(14-28)30-21-10-17(24)8-7-15(21)2/h4-12,19H,3,13-14H2,1-2H3,(H,27,29). The Balaban J connectivity index is 1.33. The zero-order valence-corrected chi connectivity index (χ0v) is 16.9. The van der Waals surface area contributed by atoms with Gasteiger partial charge < -0.3 is 15.0 Å². The van der Waals surface area contributed by atoms with Crippen LogP contribution in [-0.2, 0) is 6.42 Å². The molecule has 0 unspecified atom stereocenters. The van der Waals surface area contributed by atoms with E-state index in [-0.39, 0.29) is 23.5 Å². The Hall–Kier alpha value is -3.48. The maximum absolute atomic E-state index is 13.4. The first-order valence-corrected chi connectivity index (χ1v) is 9.92. The zero-order valence-electron chi connectivity index (χ0n) is 16.9. The molecular formula is C23H23FN4O2. The molecule has 0 spiro atoms. The first-order chi connectivity index (χ1) is 14.5. The number of rotatable bonds is 6. The van der Waals surface area contributed by atoms with Crippen molar-refractivity contribution in [1.82, 2.24) is 9.97 Å². The van der Waals surface area contributed by atoms with Crippen LogP contribution in [0.1, 0.15) is 28.5 Å². The van der Waals surface area contributed by atoms with Crippen LogP contribution in [0.2, 0.25) is 0 Å². The molecule has 1 aliphatic rings. The molecule has 30 heavy (non-hydrogen) atoms. The monoisotopic (exact) mass is 406 g/mol. The van der Waals surface area contributed by atoms with Crippen molar-refractivity contribution >= 4 is 17.4 Å². The molecule has 1 amide bonds. The average molecular weight is 406 g/mol. The third-order valence-corrected chi connectivity index (χ3v) is 5.08. The van der Waals surface area contributed by atoms with Gasteiger partial charge in [0, 0.05) is 11.8 Å². The molecule has 4 rings (SSSR count). The summed E-state index contributed by atoms with van der Waals surface area (Å²) in [4.78, 5) is 23.0. The summed E-state index contributed by atoms with van der Waals surface area (Å²) in [6.07, 6.45) is 3.92. The highest BCUT2D eigenvalue weighted by Crippen LogP contribution is 2.25. The number of anilines is 2. The summed E-state index contributed by atoms with van der Waals surface area (Å²) in [5.74, 6) is 0.627. The maximum Gasteiger partial charge on any atom is 0.275 e. The lowest BCUT2D eigenvalue weighted by Gasteiger charge is -2.39. The molecule has 0 saturated carbocycles. The lowest BCUT2D eigenvalue weighted by molar-refractivity contribution is 0.102. The van der Waals surface area contributed by atoms with Gasteiger partial charge in [-0.25, -0.2) is 14.4 Å². The van der Waals surface area contributed by atoms with E-state index in [1.807, 2.05) is 36.1 Å². The fourth-order valence-electron chi connectivity index (χ4n) is 3.25. The van der Waals surface area contributed by atoms with E-state index < -0.39 is 0 Å². The molecular weight excluding hydrogens is 383 g/mol. The van der Waals surface area contributed by atoms with Crippen LogP contribution in [-0.4, -0.2) is 35.1 Å². The summed E-state index contributed by atoms with van der Waals surface area (Å²) >= 11 is 0. The maximum atomic E-state index is 13.4. The summed E-state index contributed by atoms with van der Waals surface area (Å²) in [7, 11) is 0. The SMILES string of the molecule is CCc1cccc(NC(=O)c2cnc(N3CC(Oc4cc(F)ccc4C)C3)cn2)c1. The van der Waals surface area contributed by atoms with Crippen LogP contribution in [0.4, 0.5) is 15.9 Å². The van der Waals surface area contributed by atoms with Crippen LogP contribution in [0.25, 0.3) is 0 Å². The van der Waals surface area contributed by atoms with Gasteiger partial charge in [-0.3, -0.25) is 4.79 Å². The number of hydrogen-bond donors (Lipinski definition) is 1. The largest absolute Gasteiger partial charge is 0.486 e. The van der Waals surface area contributed by atoms with Gasteiger partial charge in [0.1, 0.15) is 29.2 Å². The molecule has 0 radical (unpaired) electrons.